The molecule has 3 saturated heterocycles. The second kappa shape index (κ2) is 9.34. The first-order valence-corrected chi connectivity index (χ1v) is 13.5. The summed E-state index contributed by atoms with van der Waals surface area (Å²) in [4.78, 5) is 25.7. The molecule has 37 heavy (non-hydrogen) atoms. The third-order valence-electron chi connectivity index (χ3n) is 8.23. The van der Waals surface area contributed by atoms with Crippen LogP contribution in [0.3, 0.4) is 0 Å². The van der Waals surface area contributed by atoms with Crippen LogP contribution in [-0.2, 0) is 17.8 Å². The van der Waals surface area contributed by atoms with Crippen molar-refractivity contribution in [1.82, 2.24) is 34.3 Å². The lowest BCUT2D eigenvalue weighted by Gasteiger charge is -2.37. The smallest absolute Gasteiger partial charge is 0.167 e. The first-order valence-electron chi connectivity index (χ1n) is 13.5. The van der Waals surface area contributed by atoms with Crippen molar-refractivity contribution < 1.29 is 9.13 Å². The maximum Gasteiger partial charge on any atom is 0.167 e. The molecule has 7 rings (SSSR count). The van der Waals surface area contributed by atoms with Crippen LogP contribution < -0.4 is 4.90 Å². The van der Waals surface area contributed by atoms with Crippen LogP contribution in [-0.4, -0.2) is 92.8 Å². The Morgan fingerprint density at radius 2 is 1.95 bits per heavy atom. The van der Waals surface area contributed by atoms with Gasteiger partial charge in [-0.3, -0.25) is 9.80 Å². The summed E-state index contributed by atoms with van der Waals surface area (Å²) < 4.78 is 23.1. The average Bonchev–Trinajstić information content (AvgIpc) is 3.66. The third kappa shape index (κ3) is 3.98. The summed E-state index contributed by atoms with van der Waals surface area (Å²) in [6, 6.07) is 5.80. The number of hydrogen-bond donors (Lipinski definition) is 1. The number of aryl methyl sites for hydroxylation is 1. The Morgan fingerprint density at radius 3 is 2.81 bits per heavy atom. The van der Waals surface area contributed by atoms with E-state index in [1.165, 1.54) is 25.5 Å². The van der Waals surface area contributed by atoms with E-state index in [4.69, 9.17) is 19.7 Å². The highest BCUT2D eigenvalue weighted by molar-refractivity contribution is 5.95. The van der Waals surface area contributed by atoms with Crippen LogP contribution in [0.5, 0.6) is 0 Å². The molecule has 4 aromatic rings. The predicted molar refractivity (Wildman–Crippen MR) is 141 cm³/mol. The fourth-order valence-corrected chi connectivity index (χ4v) is 6.32. The molecule has 0 amide bonds. The largest absolute Gasteiger partial charge is 0.378 e. The number of ether oxygens (including phenoxy) is 1. The molecule has 3 aliphatic rings. The Hall–Kier alpha value is -3.08. The van der Waals surface area contributed by atoms with Gasteiger partial charge in [0, 0.05) is 62.4 Å². The number of rotatable bonds is 5. The van der Waals surface area contributed by atoms with Crippen molar-refractivity contribution in [2.24, 2.45) is 0 Å². The SMILES string of the molecule is CCn1c(CN2CCN3CCC[C@H]3C2)nc2c(N3CCOCC3)nc(-c3c(F)ccc4[nH]ccc34)nc21. The first kappa shape index (κ1) is 23.1. The van der Waals surface area contributed by atoms with Crippen LogP contribution in [0.15, 0.2) is 24.4 Å². The molecule has 6 heterocycles. The van der Waals surface area contributed by atoms with Gasteiger partial charge in [-0.05, 0) is 44.5 Å². The van der Waals surface area contributed by atoms with Crippen molar-refractivity contribution in [3.8, 4) is 11.4 Å². The number of hydrogen-bond acceptors (Lipinski definition) is 7. The van der Waals surface area contributed by atoms with Crippen molar-refractivity contribution >= 4 is 27.9 Å². The molecule has 1 aromatic carbocycles. The zero-order chi connectivity index (χ0) is 24.9. The maximum absolute atomic E-state index is 15.3. The number of halogens is 1. The minimum atomic E-state index is -0.323. The highest BCUT2D eigenvalue weighted by Gasteiger charge is 2.32. The van der Waals surface area contributed by atoms with Gasteiger partial charge in [0.2, 0.25) is 0 Å². The molecule has 0 unspecified atom stereocenters. The van der Waals surface area contributed by atoms with Gasteiger partial charge in [-0.1, -0.05) is 0 Å². The number of nitrogens with zero attached hydrogens (tertiary/aromatic N) is 7. The molecule has 3 fully saturated rings. The summed E-state index contributed by atoms with van der Waals surface area (Å²) >= 11 is 0. The topological polar surface area (TPSA) is 78.3 Å². The molecule has 3 aromatic heterocycles. The molecular formula is C27H33FN8O. The zero-order valence-corrected chi connectivity index (χ0v) is 21.3. The van der Waals surface area contributed by atoms with E-state index >= 15 is 4.39 Å². The van der Waals surface area contributed by atoms with E-state index in [1.807, 2.05) is 12.3 Å². The Bertz CT molecular complexity index is 1440. The lowest BCUT2D eigenvalue weighted by molar-refractivity contribution is 0.0967. The number of piperazine rings is 1. The Morgan fingerprint density at radius 1 is 1.05 bits per heavy atom. The number of benzene rings is 1. The molecule has 0 saturated carbocycles. The second-order valence-electron chi connectivity index (χ2n) is 10.3. The molecule has 0 radical (unpaired) electrons. The molecule has 0 bridgehead atoms. The average molecular weight is 505 g/mol. The van der Waals surface area contributed by atoms with Crippen LogP contribution in [0, 0.1) is 5.82 Å². The van der Waals surface area contributed by atoms with Crippen LogP contribution in [0.1, 0.15) is 25.6 Å². The van der Waals surface area contributed by atoms with E-state index in [0.717, 1.165) is 79.5 Å². The molecule has 1 atom stereocenters. The highest BCUT2D eigenvalue weighted by atomic mass is 19.1. The van der Waals surface area contributed by atoms with Crippen LogP contribution in [0.25, 0.3) is 33.5 Å². The van der Waals surface area contributed by atoms with Gasteiger partial charge in [-0.25, -0.2) is 19.3 Å². The van der Waals surface area contributed by atoms with Gasteiger partial charge >= 0.3 is 0 Å². The van der Waals surface area contributed by atoms with Crippen molar-refractivity contribution in [2.45, 2.75) is 38.9 Å². The second-order valence-corrected chi connectivity index (χ2v) is 10.3. The lowest BCUT2D eigenvalue weighted by atomic mass is 10.1. The van der Waals surface area contributed by atoms with Crippen molar-refractivity contribution in [3.05, 3.63) is 36.0 Å². The van der Waals surface area contributed by atoms with E-state index in [1.54, 1.807) is 6.07 Å². The number of fused-ring (bicyclic) bond motifs is 3. The number of morpholine rings is 1. The zero-order valence-electron chi connectivity index (χ0n) is 21.3. The predicted octanol–water partition coefficient (Wildman–Crippen LogP) is 3.25. The van der Waals surface area contributed by atoms with E-state index < -0.39 is 0 Å². The number of aromatic nitrogens is 5. The van der Waals surface area contributed by atoms with Gasteiger partial charge in [-0.15, -0.1) is 0 Å². The minimum Gasteiger partial charge on any atom is -0.378 e. The fraction of sp³-hybridized carbons (Fsp3) is 0.519. The van der Waals surface area contributed by atoms with E-state index in [9.17, 15) is 0 Å². The summed E-state index contributed by atoms with van der Waals surface area (Å²) in [6.07, 6.45) is 4.41. The molecule has 1 N–H and O–H groups in total. The molecule has 0 spiro atoms. The van der Waals surface area contributed by atoms with E-state index in [-0.39, 0.29) is 5.82 Å². The molecule has 10 heteroatoms. The van der Waals surface area contributed by atoms with Gasteiger partial charge in [0.1, 0.15) is 11.6 Å². The van der Waals surface area contributed by atoms with Gasteiger partial charge < -0.3 is 19.2 Å². The molecular weight excluding hydrogens is 471 g/mol. The Balaban J connectivity index is 1.35. The van der Waals surface area contributed by atoms with E-state index in [2.05, 4.69) is 31.2 Å². The number of anilines is 1. The number of nitrogens with one attached hydrogen (secondary N) is 1. The highest BCUT2D eigenvalue weighted by Crippen LogP contribution is 2.34. The van der Waals surface area contributed by atoms with Crippen molar-refractivity contribution in [1.29, 1.82) is 0 Å². The van der Waals surface area contributed by atoms with Gasteiger partial charge in [0.05, 0.1) is 25.3 Å². The molecule has 194 valence electrons. The van der Waals surface area contributed by atoms with Crippen molar-refractivity contribution in [2.75, 3.05) is 57.4 Å². The van der Waals surface area contributed by atoms with Crippen LogP contribution in [0.4, 0.5) is 10.2 Å². The number of aromatic amines is 1. The summed E-state index contributed by atoms with van der Waals surface area (Å²) in [5.74, 6) is 1.85. The van der Waals surface area contributed by atoms with Crippen LogP contribution in [0.2, 0.25) is 0 Å². The summed E-state index contributed by atoms with van der Waals surface area (Å²) in [5.41, 5.74) is 2.86. The van der Waals surface area contributed by atoms with Gasteiger partial charge in [-0.2, -0.15) is 0 Å². The van der Waals surface area contributed by atoms with Crippen LogP contribution >= 0.6 is 0 Å². The normalized spacial score (nSPS) is 21.4. The summed E-state index contributed by atoms with van der Waals surface area (Å²) in [7, 11) is 0. The third-order valence-corrected chi connectivity index (χ3v) is 8.23. The Labute approximate surface area is 215 Å². The number of imidazole rings is 1. The molecule has 9 nitrogen and oxygen atoms in total. The van der Waals surface area contributed by atoms with E-state index in [0.29, 0.717) is 30.6 Å². The standard InChI is InChI=1S/C27H33FN8O/c1-2-36-22(17-33-10-11-34-9-3-4-18(34)16-33)30-24-26(35-12-14-37-15-13-35)31-25(32-27(24)36)23-19-7-8-29-21(19)6-5-20(23)28/h5-8,18,29H,2-4,9-17H2,1H3/t18-/m0/s1. The Kier molecular flexibility index (Phi) is 5.82. The first-order chi connectivity index (χ1) is 18.2. The van der Waals surface area contributed by atoms with Gasteiger partial charge in [0.15, 0.2) is 22.8 Å². The molecule has 0 aliphatic carbocycles. The minimum absolute atomic E-state index is 0.323. The summed E-state index contributed by atoms with van der Waals surface area (Å²) in [6.45, 7) is 10.9. The number of H-pyrrole nitrogens is 1. The quantitative estimate of drug-likeness (QED) is 0.447. The fourth-order valence-electron chi connectivity index (χ4n) is 6.32. The van der Waals surface area contributed by atoms with Gasteiger partial charge in [0.25, 0.3) is 0 Å². The maximum atomic E-state index is 15.3. The molecule has 3 aliphatic heterocycles. The van der Waals surface area contributed by atoms with Crippen molar-refractivity contribution in [3.63, 3.8) is 0 Å². The monoisotopic (exact) mass is 504 g/mol. The lowest BCUT2D eigenvalue weighted by Crippen LogP contribution is -2.49. The summed E-state index contributed by atoms with van der Waals surface area (Å²) in [5, 5.41) is 0.782.